The Morgan fingerprint density at radius 3 is 2.77 bits per heavy atom. The minimum absolute atomic E-state index is 0.0349. The minimum atomic E-state index is -0.363. The van der Waals surface area contributed by atoms with Crippen LogP contribution in [-0.4, -0.2) is 16.8 Å². The molecule has 1 aromatic carbocycles. The lowest BCUT2D eigenvalue weighted by atomic mass is 10.0. The Morgan fingerprint density at radius 2 is 2.15 bits per heavy atom. The maximum Gasteiger partial charge on any atom is 0.123 e. The van der Waals surface area contributed by atoms with Crippen molar-refractivity contribution in [3.05, 3.63) is 29.6 Å². The van der Waals surface area contributed by atoms with Gasteiger partial charge in [0.2, 0.25) is 0 Å². The Kier molecular flexibility index (Phi) is 3.25. The van der Waals surface area contributed by atoms with E-state index in [4.69, 9.17) is 5.11 Å². The molecule has 0 aromatic heterocycles. The standard InChI is InChI=1S/C10H13FO2/c1-7(6-12)4-8-5-9(11)2-3-10(8)13/h2-3,5,7,12-13H,4,6H2,1H3/t7-/m0/s1. The summed E-state index contributed by atoms with van der Waals surface area (Å²) in [7, 11) is 0. The Balaban J connectivity index is 2.81. The van der Waals surface area contributed by atoms with Gasteiger partial charge < -0.3 is 10.2 Å². The molecule has 0 saturated heterocycles. The second-order valence-corrected chi connectivity index (χ2v) is 3.26. The first-order valence-electron chi connectivity index (χ1n) is 4.21. The molecule has 0 heterocycles. The van der Waals surface area contributed by atoms with Crippen LogP contribution in [0.5, 0.6) is 5.75 Å². The minimum Gasteiger partial charge on any atom is -0.508 e. The van der Waals surface area contributed by atoms with Gasteiger partial charge in [0.15, 0.2) is 0 Å². The number of phenols is 1. The molecule has 0 radical (unpaired) electrons. The van der Waals surface area contributed by atoms with Crippen LogP contribution in [0.3, 0.4) is 0 Å². The monoisotopic (exact) mass is 184 g/mol. The normalized spacial score (nSPS) is 12.8. The van der Waals surface area contributed by atoms with Gasteiger partial charge in [-0.1, -0.05) is 6.92 Å². The van der Waals surface area contributed by atoms with E-state index in [0.717, 1.165) is 0 Å². The van der Waals surface area contributed by atoms with Crippen LogP contribution in [0.1, 0.15) is 12.5 Å². The highest BCUT2D eigenvalue weighted by Crippen LogP contribution is 2.20. The van der Waals surface area contributed by atoms with Gasteiger partial charge in [-0.3, -0.25) is 0 Å². The predicted molar refractivity (Wildman–Crippen MR) is 48.0 cm³/mol. The summed E-state index contributed by atoms with van der Waals surface area (Å²) >= 11 is 0. The van der Waals surface area contributed by atoms with Crippen molar-refractivity contribution >= 4 is 0 Å². The van der Waals surface area contributed by atoms with Gasteiger partial charge in [-0.25, -0.2) is 4.39 Å². The quantitative estimate of drug-likeness (QED) is 0.750. The van der Waals surface area contributed by atoms with Crippen LogP contribution in [-0.2, 0) is 6.42 Å². The van der Waals surface area contributed by atoms with E-state index in [1.54, 1.807) is 0 Å². The Hall–Kier alpha value is -1.09. The zero-order valence-corrected chi connectivity index (χ0v) is 7.50. The van der Waals surface area contributed by atoms with Gasteiger partial charge in [-0.15, -0.1) is 0 Å². The molecule has 13 heavy (non-hydrogen) atoms. The molecule has 1 rings (SSSR count). The number of phenolic OH excluding ortho intramolecular Hbond substituents is 1. The SMILES string of the molecule is C[C@H](CO)Cc1cc(F)ccc1O. The molecule has 0 amide bonds. The second-order valence-electron chi connectivity index (χ2n) is 3.26. The van der Waals surface area contributed by atoms with Crippen molar-refractivity contribution in [2.45, 2.75) is 13.3 Å². The second kappa shape index (κ2) is 4.23. The van der Waals surface area contributed by atoms with Crippen molar-refractivity contribution in [3.63, 3.8) is 0 Å². The fraction of sp³-hybridized carbons (Fsp3) is 0.400. The number of halogens is 1. The Morgan fingerprint density at radius 1 is 1.46 bits per heavy atom. The van der Waals surface area contributed by atoms with Gasteiger partial charge in [0.25, 0.3) is 0 Å². The van der Waals surface area contributed by atoms with Crippen LogP contribution in [0.15, 0.2) is 18.2 Å². The Bertz CT molecular complexity index is 286. The molecular weight excluding hydrogens is 171 g/mol. The molecular formula is C10H13FO2. The number of aromatic hydroxyl groups is 1. The molecule has 0 aliphatic carbocycles. The number of rotatable bonds is 3. The molecule has 0 spiro atoms. The average molecular weight is 184 g/mol. The van der Waals surface area contributed by atoms with Crippen molar-refractivity contribution in [3.8, 4) is 5.75 Å². The van der Waals surface area contributed by atoms with Crippen LogP contribution < -0.4 is 0 Å². The summed E-state index contributed by atoms with van der Waals surface area (Å²) < 4.78 is 12.7. The first-order valence-corrected chi connectivity index (χ1v) is 4.21. The smallest absolute Gasteiger partial charge is 0.123 e. The van der Waals surface area contributed by atoms with Gasteiger partial charge in [0.05, 0.1) is 0 Å². The number of aliphatic hydroxyl groups excluding tert-OH is 1. The van der Waals surface area contributed by atoms with Crippen molar-refractivity contribution in [2.75, 3.05) is 6.61 Å². The maximum absolute atomic E-state index is 12.7. The molecule has 3 heteroatoms. The zero-order valence-electron chi connectivity index (χ0n) is 7.50. The molecule has 2 nitrogen and oxygen atoms in total. The van der Waals surface area contributed by atoms with E-state index in [1.165, 1.54) is 18.2 Å². The molecule has 0 bridgehead atoms. The van der Waals surface area contributed by atoms with Crippen molar-refractivity contribution in [1.82, 2.24) is 0 Å². The van der Waals surface area contributed by atoms with E-state index in [-0.39, 0.29) is 24.1 Å². The summed E-state index contributed by atoms with van der Waals surface area (Å²) in [5, 5.41) is 18.1. The molecule has 0 saturated carbocycles. The van der Waals surface area contributed by atoms with E-state index in [2.05, 4.69) is 0 Å². The lowest BCUT2D eigenvalue weighted by molar-refractivity contribution is 0.236. The molecule has 0 fully saturated rings. The maximum atomic E-state index is 12.7. The van der Waals surface area contributed by atoms with Crippen molar-refractivity contribution in [2.24, 2.45) is 5.92 Å². The predicted octanol–water partition coefficient (Wildman–Crippen LogP) is 1.70. The number of aliphatic hydroxyl groups is 1. The topological polar surface area (TPSA) is 40.5 Å². The Labute approximate surface area is 76.6 Å². The molecule has 1 atom stereocenters. The number of benzene rings is 1. The first-order chi connectivity index (χ1) is 6.13. The molecule has 2 N–H and O–H groups in total. The summed E-state index contributed by atoms with van der Waals surface area (Å²) in [6.45, 7) is 1.88. The third-order valence-corrected chi connectivity index (χ3v) is 1.92. The zero-order chi connectivity index (χ0) is 9.84. The largest absolute Gasteiger partial charge is 0.508 e. The van der Waals surface area contributed by atoms with E-state index >= 15 is 0 Å². The summed E-state index contributed by atoms with van der Waals surface area (Å²) in [6, 6.07) is 3.83. The lowest BCUT2D eigenvalue weighted by Gasteiger charge is -2.09. The van der Waals surface area contributed by atoms with Gasteiger partial charge in [0.1, 0.15) is 11.6 Å². The average Bonchev–Trinajstić information content (AvgIpc) is 2.11. The number of hydrogen-bond donors (Lipinski definition) is 2. The highest BCUT2D eigenvalue weighted by molar-refractivity contribution is 5.32. The highest BCUT2D eigenvalue weighted by atomic mass is 19.1. The third-order valence-electron chi connectivity index (χ3n) is 1.92. The molecule has 0 aliphatic heterocycles. The van der Waals surface area contributed by atoms with Crippen molar-refractivity contribution in [1.29, 1.82) is 0 Å². The van der Waals surface area contributed by atoms with Crippen LogP contribution in [0.4, 0.5) is 4.39 Å². The lowest BCUT2D eigenvalue weighted by Crippen LogP contribution is -2.04. The summed E-state index contributed by atoms with van der Waals surface area (Å²) in [5.74, 6) is -0.243. The van der Waals surface area contributed by atoms with Gasteiger partial charge in [0, 0.05) is 6.61 Å². The van der Waals surface area contributed by atoms with E-state index < -0.39 is 0 Å². The van der Waals surface area contributed by atoms with Crippen LogP contribution in [0.25, 0.3) is 0 Å². The highest BCUT2D eigenvalue weighted by Gasteiger charge is 2.07. The van der Waals surface area contributed by atoms with E-state index in [9.17, 15) is 9.50 Å². The van der Waals surface area contributed by atoms with Crippen molar-refractivity contribution < 1.29 is 14.6 Å². The molecule has 0 aliphatic rings. The summed E-state index contributed by atoms with van der Waals surface area (Å²) in [4.78, 5) is 0. The van der Waals surface area contributed by atoms with E-state index in [0.29, 0.717) is 12.0 Å². The van der Waals surface area contributed by atoms with Crippen LogP contribution in [0.2, 0.25) is 0 Å². The third kappa shape index (κ3) is 2.70. The molecule has 1 aromatic rings. The number of hydrogen-bond acceptors (Lipinski definition) is 2. The summed E-state index contributed by atoms with van der Waals surface area (Å²) in [6.07, 6.45) is 0.486. The molecule has 72 valence electrons. The van der Waals surface area contributed by atoms with Gasteiger partial charge in [-0.05, 0) is 36.1 Å². The first kappa shape index (κ1) is 9.99. The van der Waals surface area contributed by atoms with Crippen LogP contribution >= 0.6 is 0 Å². The fourth-order valence-corrected chi connectivity index (χ4v) is 1.16. The van der Waals surface area contributed by atoms with Crippen LogP contribution in [0, 0.1) is 11.7 Å². The molecule has 0 unspecified atom stereocenters. The van der Waals surface area contributed by atoms with E-state index in [1.807, 2.05) is 6.92 Å². The fourth-order valence-electron chi connectivity index (χ4n) is 1.16. The van der Waals surface area contributed by atoms with Gasteiger partial charge in [-0.2, -0.15) is 0 Å². The van der Waals surface area contributed by atoms with Gasteiger partial charge >= 0.3 is 0 Å². The summed E-state index contributed by atoms with van der Waals surface area (Å²) in [5.41, 5.74) is 0.543.